The normalized spacial score (nSPS) is 16.3. The molecule has 0 saturated heterocycles. The zero-order valence-corrected chi connectivity index (χ0v) is 12.1. The summed E-state index contributed by atoms with van der Waals surface area (Å²) in [5, 5.41) is 12.5. The maximum Gasteiger partial charge on any atom is 0.323 e. The summed E-state index contributed by atoms with van der Waals surface area (Å²) in [5.74, 6) is -0.938. The van der Waals surface area contributed by atoms with Crippen molar-refractivity contribution in [3.8, 4) is 5.88 Å². The van der Waals surface area contributed by atoms with Gasteiger partial charge in [0.25, 0.3) is 5.56 Å². The van der Waals surface area contributed by atoms with E-state index in [1.807, 2.05) is 12.1 Å². The Labute approximate surface area is 130 Å². The molecule has 0 amide bonds. The van der Waals surface area contributed by atoms with E-state index in [9.17, 15) is 9.59 Å². The maximum atomic E-state index is 12.3. The van der Waals surface area contributed by atoms with Gasteiger partial charge in [0.1, 0.15) is 19.5 Å². The Kier molecular flexibility index (Phi) is 3.72. The van der Waals surface area contributed by atoms with Gasteiger partial charge in [-0.25, -0.2) is 4.98 Å². The molecule has 1 aliphatic rings. The minimum Gasteiger partial charge on any atom is -0.480 e. The third kappa shape index (κ3) is 2.75. The number of carboxylic acids is 1. The van der Waals surface area contributed by atoms with Gasteiger partial charge in [0.2, 0.25) is 5.88 Å². The molecule has 0 radical (unpaired) electrons. The van der Waals surface area contributed by atoms with Crippen molar-refractivity contribution in [3.63, 3.8) is 0 Å². The first-order valence-electron chi connectivity index (χ1n) is 6.50. The number of benzene rings is 1. The Balaban J connectivity index is 1.92. The zero-order chi connectivity index (χ0) is 15.7. The standard InChI is InChI=1S/C14H12ClN3O4/c15-9-3-1-8(2-4-9)10-6-22-13-12(17-10)14(21)18(7-16-13)5-11(19)20/h1-4,7,10,17H,5-6H2,(H,19,20)/t10-/m0/s1. The molecule has 2 heterocycles. The summed E-state index contributed by atoms with van der Waals surface area (Å²) in [6.45, 7) is -0.142. The molecule has 0 fully saturated rings. The Hall–Kier alpha value is -2.54. The molecule has 0 unspecified atom stereocenters. The van der Waals surface area contributed by atoms with Crippen LogP contribution in [0.1, 0.15) is 11.6 Å². The number of anilines is 1. The van der Waals surface area contributed by atoms with Gasteiger partial charge in [-0.3, -0.25) is 14.2 Å². The highest BCUT2D eigenvalue weighted by Gasteiger charge is 2.25. The van der Waals surface area contributed by atoms with Crippen molar-refractivity contribution in [2.45, 2.75) is 12.6 Å². The predicted octanol–water partition coefficient (Wildman–Crippen LogP) is 1.53. The maximum absolute atomic E-state index is 12.3. The lowest BCUT2D eigenvalue weighted by atomic mass is 10.1. The third-order valence-electron chi connectivity index (χ3n) is 3.29. The smallest absolute Gasteiger partial charge is 0.323 e. The number of halogens is 1. The molecule has 0 bridgehead atoms. The van der Waals surface area contributed by atoms with Crippen LogP contribution < -0.4 is 15.6 Å². The van der Waals surface area contributed by atoms with Gasteiger partial charge in [-0.15, -0.1) is 0 Å². The van der Waals surface area contributed by atoms with E-state index < -0.39 is 18.1 Å². The van der Waals surface area contributed by atoms with Crippen molar-refractivity contribution >= 4 is 23.3 Å². The largest absolute Gasteiger partial charge is 0.480 e. The molecule has 2 N–H and O–H groups in total. The quantitative estimate of drug-likeness (QED) is 0.890. The van der Waals surface area contributed by atoms with Crippen LogP contribution in [0.15, 0.2) is 35.4 Å². The van der Waals surface area contributed by atoms with Crippen LogP contribution >= 0.6 is 11.6 Å². The number of fused-ring (bicyclic) bond motifs is 1. The minimum absolute atomic E-state index is 0.162. The molecule has 1 aliphatic heterocycles. The summed E-state index contributed by atoms with van der Waals surface area (Å²) in [4.78, 5) is 27.0. The molecule has 114 valence electrons. The molecule has 1 aromatic carbocycles. The number of nitrogens with one attached hydrogen (secondary N) is 1. The fourth-order valence-corrected chi connectivity index (χ4v) is 2.34. The Bertz CT molecular complexity index is 773. The average Bonchev–Trinajstić information content (AvgIpc) is 2.50. The summed E-state index contributed by atoms with van der Waals surface area (Å²) in [6, 6.07) is 6.93. The summed E-state index contributed by atoms with van der Waals surface area (Å²) < 4.78 is 6.51. The Morgan fingerprint density at radius 2 is 2.18 bits per heavy atom. The van der Waals surface area contributed by atoms with Crippen LogP contribution in [0.25, 0.3) is 0 Å². The van der Waals surface area contributed by atoms with Gasteiger partial charge in [0, 0.05) is 5.02 Å². The molecule has 0 spiro atoms. The molecule has 3 rings (SSSR count). The first kappa shape index (κ1) is 14.4. The second-order valence-corrected chi connectivity index (χ2v) is 5.25. The molecule has 1 aromatic heterocycles. The number of aromatic nitrogens is 2. The minimum atomic E-state index is -1.12. The number of carboxylic acid groups (broad SMARTS) is 1. The van der Waals surface area contributed by atoms with E-state index in [4.69, 9.17) is 21.4 Å². The Morgan fingerprint density at radius 1 is 1.45 bits per heavy atom. The van der Waals surface area contributed by atoms with Gasteiger partial charge >= 0.3 is 5.97 Å². The van der Waals surface area contributed by atoms with Gasteiger partial charge in [-0.05, 0) is 17.7 Å². The topological polar surface area (TPSA) is 93.5 Å². The second-order valence-electron chi connectivity index (χ2n) is 4.81. The lowest BCUT2D eigenvalue weighted by molar-refractivity contribution is -0.137. The van der Waals surface area contributed by atoms with Gasteiger partial charge in [0.15, 0.2) is 5.69 Å². The molecule has 8 heteroatoms. The summed E-state index contributed by atoms with van der Waals surface area (Å²) in [6.07, 6.45) is 1.17. The van der Waals surface area contributed by atoms with E-state index in [0.717, 1.165) is 10.1 Å². The van der Waals surface area contributed by atoms with Crippen LogP contribution in [-0.4, -0.2) is 27.2 Å². The molecule has 2 aromatic rings. The van der Waals surface area contributed by atoms with Crippen LogP contribution in [0.4, 0.5) is 5.69 Å². The molecule has 7 nitrogen and oxygen atoms in total. The number of carbonyl (C=O) groups is 1. The van der Waals surface area contributed by atoms with Crippen LogP contribution in [0.5, 0.6) is 5.88 Å². The lowest BCUT2D eigenvalue weighted by Crippen LogP contribution is -2.33. The number of nitrogens with zero attached hydrogens (tertiary/aromatic N) is 2. The molecular weight excluding hydrogens is 310 g/mol. The van der Waals surface area contributed by atoms with E-state index in [1.165, 1.54) is 6.33 Å². The highest BCUT2D eigenvalue weighted by molar-refractivity contribution is 6.30. The van der Waals surface area contributed by atoms with Crippen LogP contribution in [0.3, 0.4) is 0 Å². The van der Waals surface area contributed by atoms with Crippen molar-refractivity contribution < 1.29 is 14.6 Å². The summed E-state index contributed by atoms with van der Waals surface area (Å²) in [5.41, 5.74) is 0.587. The molecule has 0 saturated carbocycles. The molecular formula is C14H12ClN3O4. The van der Waals surface area contributed by atoms with Crippen molar-refractivity contribution in [2.24, 2.45) is 0 Å². The number of ether oxygens (including phenoxy) is 1. The highest BCUT2D eigenvalue weighted by Crippen LogP contribution is 2.29. The zero-order valence-electron chi connectivity index (χ0n) is 11.3. The fourth-order valence-electron chi connectivity index (χ4n) is 2.22. The number of hydrogen-bond donors (Lipinski definition) is 2. The number of hydrogen-bond acceptors (Lipinski definition) is 5. The Morgan fingerprint density at radius 3 is 2.86 bits per heavy atom. The van der Waals surface area contributed by atoms with Crippen molar-refractivity contribution in [1.29, 1.82) is 0 Å². The van der Waals surface area contributed by atoms with Gasteiger partial charge in [0.05, 0.1) is 6.04 Å². The second kappa shape index (κ2) is 5.69. The van der Waals surface area contributed by atoms with E-state index in [1.54, 1.807) is 12.1 Å². The van der Waals surface area contributed by atoms with Gasteiger partial charge in [-0.2, -0.15) is 0 Å². The van der Waals surface area contributed by atoms with Crippen molar-refractivity contribution in [2.75, 3.05) is 11.9 Å². The molecule has 22 heavy (non-hydrogen) atoms. The summed E-state index contributed by atoms with van der Waals surface area (Å²) in [7, 11) is 0. The SMILES string of the molecule is O=C(O)Cn1cnc2c(c1=O)N[C@H](c1ccc(Cl)cc1)CO2. The average molecular weight is 322 g/mol. The van der Waals surface area contributed by atoms with Gasteiger partial charge < -0.3 is 15.2 Å². The van der Waals surface area contributed by atoms with Crippen molar-refractivity contribution in [3.05, 3.63) is 51.5 Å². The van der Waals surface area contributed by atoms with E-state index >= 15 is 0 Å². The fraction of sp³-hybridized carbons (Fsp3) is 0.214. The highest BCUT2D eigenvalue weighted by atomic mass is 35.5. The van der Waals surface area contributed by atoms with Gasteiger partial charge in [-0.1, -0.05) is 23.7 Å². The van der Waals surface area contributed by atoms with Crippen molar-refractivity contribution in [1.82, 2.24) is 9.55 Å². The van der Waals surface area contributed by atoms with Crippen LogP contribution in [0.2, 0.25) is 5.02 Å². The van der Waals surface area contributed by atoms with Crippen LogP contribution in [0, 0.1) is 0 Å². The third-order valence-corrected chi connectivity index (χ3v) is 3.54. The lowest BCUT2D eigenvalue weighted by Gasteiger charge is -2.26. The summed E-state index contributed by atoms with van der Waals surface area (Å²) >= 11 is 5.86. The van der Waals surface area contributed by atoms with E-state index in [-0.39, 0.29) is 17.6 Å². The first-order valence-corrected chi connectivity index (χ1v) is 6.88. The van der Waals surface area contributed by atoms with E-state index in [0.29, 0.717) is 11.6 Å². The number of aliphatic carboxylic acids is 1. The number of rotatable bonds is 3. The van der Waals surface area contributed by atoms with Crippen LogP contribution in [-0.2, 0) is 11.3 Å². The first-order chi connectivity index (χ1) is 10.5. The van der Waals surface area contributed by atoms with E-state index in [2.05, 4.69) is 10.3 Å². The monoisotopic (exact) mass is 321 g/mol. The predicted molar refractivity (Wildman–Crippen MR) is 79.4 cm³/mol. The molecule has 1 atom stereocenters. The molecule has 0 aliphatic carbocycles.